The minimum Gasteiger partial charge on any atom is -0.308 e. The van der Waals surface area contributed by atoms with Gasteiger partial charge in [-0.15, -0.1) is 12.4 Å². The summed E-state index contributed by atoms with van der Waals surface area (Å²) in [5, 5.41) is 0.610. The number of para-hydroxylation sites is 1. The Balaban J connectivity index is 0.00000192. The predicted octanol–water partition coefficient (Wildman–Crippen LogP) is 3.55. The number of hydrogen-bond donors (Lipinski definition) is 0. The average molecular weight is 358 g/mol. The third-order valence-corrected chi connectivity index (χ3v) is 5.12. The summed E-state index contributed by atoms with van der Waals surface area (Å²) in [6, 6.07) is 4.93. The molecular weight excluding hydrogens is 337 g/mol. The van der Waals surface area contributed by atoms with Gasteiger partial charge in [-0.1, -0.05) is 23.8 Å². The van der Waals surface area contributed by atoms with Gasteiger partial charge in [-0.25, -0.2) is 9.37 Å². The Morgan fingerprint density at radius 1 is 1.35 bits per heavy atom. The third-order valence-electron chi connectivity index (χ3n) is 4.08. The summed E-state index contributed by atoms with van der Waals surface area (Å²) in [5.41, 5.74) is 0.360. The molecule has 23 heavy (non-hydrogen) atoms. The minimum atomic E-state index is -0.330. The van der Waals surface area contributed by atoms with E-state index in [2.05, 4.69) is 4.98 Å². The Kier molecular flexibility index (Phi) is 5.95. The second-order valence-corrected chi connectivity index (χ2v) is 7.01. The van der Waals surface area contributed by atoms with Crippen LogP contribution in [0.5, 0.6) is 0 Å². The van der Waals surface area contributed by atoms with Crippen molar-refractivity contribution in [2.24, 2.45) is 5.92 Å². The standard InChI is InChI=1S/C16H20FN3OS.ClH/c1-19(2)9-10-20(15(21)11-5-3-6-11)16-18-14-12(17)7-4-8-13(14)22-16;/h4,7-8,11H,3,5-6,9-10H2,1-2H3;1H. The molecule has 2 aromatic rings. The quantitative estimate of drug-likeness (QED) is 0.821. The molecule has 1 aromatic heterocycles. The topological polar surface area (TPSA) is 36.4 Å². The number of likely N-dealkylation sites (N-methyl/N-ethyl adjacent to an activating group) is 1. The van der Waals surface area contributed by atoms with Gasteiger partial charge in [-0.05, 0) is 39.1 Å². The van der Waals surface area contributed by atoms with E-state index >= 15 is 0 Å². The molecule has 1 saturated carbocycles. The van der Waals surface area contributed by atoms with Crippen LogP contribution in [0.1, 0.15) is 19.3 Å². The summed E-state index contributed by atoms with van der Waals surface area (Å²) in [6.07, 6.45) is 3.03. The highest BCUT2D eigenvalue weighted by Crippen LogP contribution is 2.34. The molecule has 0 N–H and O–H groups in total. The van der Waals surface area contributed by atoms with E-state index in [4.69, 9.17) is 0 Å². The van der Waals surface area contributed by atoms with E-state index in [-0.39, 0.29) is 30.0 Å². The van der Waals surface area contributed by atoms with E-state index in [1.165, 1.54) is 17.4 Å². The summed E-state index contributed by atoms with van der Waals surface area (Å²) >= 11 is 1.39. The van der Waals surface area contributed by atoms with Crippen LogP contribution in [0, 0.1) is 11.7 Å². The minimum absolute atomic E-state index is 0. The highest BCUT2D eigenvalue weighted by molar-refractivity contribution is 7.22. The first kappa shape index (κ1) is 18.1. The number of hydrogen-bond acceptors (Lipinski definition) is 4. The van der Waals surface area contributed by atoms with Gasteiger partial charge < -0.3 is 4.90 Å². The Morgan fingerprint density at radius 3 is 2.65 bits per heavy atom. The number of anilines is 1. The molecule has 1 amide bonds. The highest BCUT2D eigenvalue weighted by Gasteiger charge is 2.31. The van der Waals surface area contributed by atoms with E-state index in [1.807, 2.05) is 25.1 Å². The number of rotatable bonds is 5. The van der Waals surface area contributed by atoms with E-state index in [9.17, 15) is 9.18 Å². The fourth-order valence-corrected chi connectivity index (χ4v) is 3.51. The molecule has 3 rings (SSSR count). The largest absolute Gasteiger partial charge is 0.308 e. The first-order chi connectivity index (χ1) is 10.6. The molecule has 126 valence electrons. The van der Waals surface area contributed by atoms with Crippen LogP contribution < -0.4 is 4.90 Å². The molecule has 4 nitrogen and oxygen atoms in total. The zero-order valence-electron chi connectivity index (χ0n) is 13.3. The van der Waals surface area contributed by atoms with Crippen molar-refractivity contribution >= 4 is 45.0 Å². The van der Waals surface area contributed by atoms with Crippen LogP contribution in [0.25, 0.3) is 10.2 Å². The molecule has 7 heteroatoms. The third kappa shape index (κ3) is 3.82. The van der Waals surface area contributed by atoms with Crippen LogP contribution in [0.2, 0.25) is 0 Å². The van der Waals surface area contributed by atoms with Gasteiger partial charge in [-0.3, -0.25) is 9.69 Å². The lowest BCUT2D eigenvalue weighted by Gasteiger charge is -2.30. The van der Waals surface area contributed by atoms with Crippen molar-refractivity contribution in [3.05, 3.63) is 24.0 Å². The summed E-state index contributed by atoms with van der Waals surface area (Å²) < 4.78 is 14.6. The average Bonchev–Trinajstić information content (AvgIpc) is 2.81. The number of amides is 1. The maximum atomic E-state index is 13.8. The Morgan fingerprint density at radius 2 is 2.09 bits per heavy atom. The van der Waals surface area contributed by atoms with Crippen LogP contribution in [-0.4, -0.2) is 43.0 Å². The van der Waals surface area contributed by atoms with Crippen molar-refractivity contribution in [2.75, 3.05) is 32.1 Å². The molecule has 1 fully saturated rings. The smallest absolute Gasteiger partial charge is 0.231 e. The van der Waals surface area contributed by atoms with Crippen LogP contribution in [-0.2, 0) is 4.79 Å². The SMILES string of the molecule is CN(C)CCN(C(=O)C1CCC1)c1nc2c(F)cccc2s1.Cl. The van der Waals surface area contributed by atoms with E-state index in [1.54, 1.807) is 11.0 Å². The summed E-state index contributed by atoms with van der Waals surface area (Å²) in [6.45, 7) is 1.35. The van der Waals surface area contributed by atoms with Crippen molar-refractivity contribution in [1.82, 2.24) is 9.88 Å². The molecule has 0 unspecified atom stereocenters. The molecule has 0 bridgehead atoms. The first-order valence-electron chi connectivity index (χ1n) is 7.57. The molecule has 0 radical (unpaired) electrons. The Hall–Kier alpha value is -1.24. The van der Waals surface area contributed by atoms with Crippen molar-refractivity contribution in [3.63, 3.8) is 0 Å². The van der Waals surface area contributed by atoms with Crippen LogP contribution >= 0.6 is 23.7 Å². The number of benzene rings is 1. The number of halogens is 2. The molecule has 1 aliphatic carbocycles. The molecule has 1 aromatic carbocycles. The van der Waals surface area contributed by atoms with Crippen molar-refractivity contribution in [2.45, 2.75) is 19.3 Å². The van der Waals surface area contributed by atoms with Gasteiger partial charge in [0.15, 0.2) is 5.13 Å². The van der Waals surface area contributed by atoms with Crippen LogP contribution in [0.4, 0.5) is 9.52 Å². The first-order valence-corrected chi connectivity index (χ1v) is 8.39. The normalized spacial score (nSPS) is 14.6. The Labute approximate surface area is 145 Å². The maximum absolute atomic E-state index is 13.8. The Bertz CT molecular complexity index is 687. The number of thiazole rings is 1. The van der Waals surface area contributed by atoms with E-state index in [0.29, 0.717) is 17.2 Å². The fourth-order valence-electron chi connectivity index (χ4n) is 2.49. The van der Waals surface area contributed by atoms with Crippen molar-refractivity contribution < 1.29 is 9.18 Å². The zero-order valence-corrected chi connectivity index (χ0v) is 14.9. The predicted molar refractivity (Wildman–Crippen MR) is 95.1 cm³/mol. The number of nitrogens with zero attached hydrogens (tertiary/aromatic N) is 3. The molecular formula is C16H21ClFN3OS. The van der Waals surface area contributed by atoms with E-state index < -0.39 is 0 Å². The second kappa shape index (κ2) is 7.55. The van der Waals surface area contributed by atoms with Gasteiger partial charge in [0.25, 0.3) is 0 Å². The summed E-state index contributed by atoms with van der Waals surface area (Å²) in [7, 11) is 3.95. The molecule has 0 spiro atoms. The van der Waals surface area contributed by atoms with Crippen molar-refractivity contribution in [3.8, 4) is 0 Å². The van der Waals surface area contributed by atoms with Crippen LogP contribution in [0.15, 0.2) is 18.2 Å². The number of carbonyl (C=O) groups excluding carboxylic acids is 1. The second-order valence-electron chi connectivity index (χ2n) is 6.00. The van der Waals surface area contributed by atoms with Gasteiger partial charge in [0.05, 0.1) is 4.70 Å². The fraction of sp³-hybridized carbons (Fsp3) is 0.500. The number of aromatic nitrogens is 1. The van der Waals surface area contributed by atoms with Gasteiger partial charge in [0, 0.05) is 19.0 Å². The monoisotopic (exact) mass is 357 g/mol. The maximum Gasteiger partial charge on any atom is 0.231 e. The molecule has 0 aliphatic heterocycles. The number of fused-ring (bicyclic) bond motifs is 1. The highest BCUT2D eigenvalue weighted by atomic mass is 35.5. The molecule has 1 aliphatic rings. The molecule has 0 saturated heterocycles. The van der Waals surface area contributed by atoms with Crippen LogP contribution in [0.3, 0.4) is 0 Å². The zero-order chi connectivity index (χ0) is 15.7. The van der Waals surface area contributed by atoms with Gasteiger partial charge in [0.1, 0.15) is 11.3 Å². The van der Waals surface area contributed by atoms with Gasteiger partial charge in [-0.2, -0.15) is 0 Å². The summed E-state index contributed by atoms with van der Waals surface area (Å²) in [5.74, 6) is -0.0877. The van der Waals surface area contributed by atoms with Crippen molar-refractivity contribution in [1.29, 1.82) is 0 Å². The van der Waals surface area contributed by atoms with Gasteiger partial charge >= 0.3 is 0 Å². The lowest BCUT2D eigenvalue weighted by Crippen LogP contribution is -2.42. The lowest BCUT2D eigenvalue weighted by molar-refractivity contribution is -0.124. The molecule has 0 atom stereocenters. The van der Waals surface area contributed by atoms with E-state index in [0.717, 1.165) is 30.5 Å². The molecule has 1 heterocycles. The van der Waals surface area contributed by atoms with Gasteiger partial charge in [0.2, 0.25) is 5.91 Å². The number of carbonyl (C=O) groups is 1. The summed E-state index contributed by atoms with van der Waals surface area (Å²) in [4.78, 5) is 20.8. The lowest BCUT2D eigenvalue weighted by atomic mass is 9.84.